The quantitative estimate of drug-likeness (QED) is 0.695. The molecule has 1 saturated heterocycles. The number of nitro benzene ring substituents is 1. The number of nitro groups is 1. The second-order valence-corrected chi connectivity index (χ2v) is 5.81. The van der Waals surface area contributed by atoms with Gasteiger partial charge in [0.2, 0.25) is 0 Å². The third kappa shape index (κ3) is 3.12. The second-order valence-electron chi connectivity index (χ2n) is 5.81. The third-order valence-corrected chi connectivity index (χ3v) is 4.12. The third-order valence-electron chi connectivity index (χ3n) is 4.12. The summed E-state index contributed by atoms with van der Waals surface area (Å²) in [5, 5.41) is 14.3. The monoisotopic (exact) mass is 312 g/mol. The predicted molar refractivity (Wildman–Crippen MR) is 92.0 cm³/mol. The van der Waals surface area contributed by atoms with Gasteiger partial charge in [-0.3, -0.25) is 15.4 Å². The average Bonchev–Trinajstić information content (AvgIpc) is 3.04. The van der Waals surface area contributed by atoms with Crippen molar-refractivity contribution in [3.63, 3.8) is 0 Å². The van der Waals surface area contributed by atoms with Crippen LogP contribution in [0.4, 0.5) is 17.1 Å². The topological polar surface area (TPSA) is 61.6 Å². The number of nitrogens with zero attached hydrogens (tertiary/aromatic N) is 3. The minimum absolute atomic E-state index is 0.0904. The summed E-state index contributed by atoms with van der Waals surface area (Å²) in [6.07, 6.45) is 0.0904. The summed E-state index contributed by atoms with van der Waals surface area (Å²) in [6.45, 7) is 1.76. The molecular weight excluding hydrogens is 292 g/mol. The van der Waals surface area contributed by atoms with Gasteiger partial charge in [-0.25, -0.2) is 0 Å². The van der Waals surface area contributed by atoms with Crippen LogP contribution >= 0.6 is 0 Å². The molecule has 1 heterocycles. The van der Waals surface area contributed by atoms with Gasteiger partial charge in [-0.05, 0) is 29.8 Å². The second kappa shape index (κ2) is 6.26. The number of hydrogen-bond donors (Lipinski definition) is 1. The molecule has 1 aliphatic rings. The van der Waals surface area contributed by atoms with Crippen molar-refractivity contribution in [3.05, 3.63) is 64.2 Å². The van der Waals surface area contributed by atoms with E-state index in [1.165, 1.54) is 5.56 Å². The summed E-state index contributed by atoms with van der Waals surface area (Å²) in [5.41, 5.74) is 3.45. The summed E-state index contributed by atoms with van der Waals surface area (Å²) in [4.78, 5) is 14.7. The number of non-ortho nitro benzene ring substituents is 1. The molecule has 6 heteroatoms. The van der Waals surface area contributed by atoms with Crippen molar-refractivity contribution in [3.8, 4) is 0 Å². The fraction of sp³-hybridized carbons (Fsp3) is 0.294. The van der Waals surface area contributed by atoms with E-state index < -0.39 is 0 Å². The Balaban J connectivity index is 1.83. The van der Waals surface area contributed by atoms with E-state index in [0.717, 1.165) is 24.5 Å². The first kappa shape index (κ1) is 15.3. The summed E-state index contributed by atoms with van der Waals surface area (Å²) in [7, 11) is 4.04. The largest absolute Gasteiger partial charge is 0.378 e. The molecule has 1 atom stereocenters. The van der Waals surface area contributed by atoms with Crippen LogP contribution in [0.2, 0.25) is 0 Å². The Morgan fingerprint density at radius 2 is 1.78 bits per heavy atom. The van der Waals surface area contributed by atoms with E-state index in [1.807, 2.05) is 26.2 Å². The van der Waals surface area contributed by atoms with Crippen LogP contribution in [0.15, 0.2) is 48.5 Å². The molecule has 0 aliphatic carbocycles. The zero-order chi connectivity index (χ0) is 16.4. The van der Waals surface area contributed by atoms with Crippen LogP contribution in [0.3, 0.4) is 0 Å². The van der Waals surface area contributed by atoms with Crippen molar-refractivity contribution in [1.29, 1.82) is 0 Å². The molecule has 1 unspecified atom stereocenters. The molecule has 0 spiro atoms. The Kier molecular flexibility index (Phi) is 4.16. The highest BCUT2D eigenvalue weighted by Gasteiger charge is 2.26. The van der Waals surface area contributed by atoms with E-state index >= 15 is 0 Å². The smallest absolute Gasteiger partial charge is 0.269 e. The SMILES string of the molecule is CN(C)c1ccc(C2NCCN2c2ccc([N+](=O)[O-])cc2)cc1. The fourth-order valence-corrected chi connectivity index (χ4v) is 2.86. The minimum Gasteiger partial charge on any atom is -0.378 e. The molecule has 0 bridgehead atoms. The maximum Gasteiger partial charge on any atom is 0.269 e. The molecule has 2 aromatic rings. The summed E-state index contributed by atoms with van der Waals surface area (Å²) in [6, 6.07) is 15.2. The van der Waals surface area contributed by atoms with Crippen molar-refractivity contribution in [2.75, 3.05) is 37.0 Å². The van der Waals surface area contributed by atoms with Crippen LogP contribution in [0.5, 0.6) is 0 Å². The van der Waals surface area contributed by atoms with Gasteiger partial charge in [0.05, 0.1) is 4.92 Å². The number of nitrogens with one attached hydrogen (secondary N) is 1. The van der Waals surface area contributed by atoms with E-state index in [9.17, 15) is 10.1 Å². The lowest BCUT2D eigenvalue weighted by Gasteiger charge is -2.27. The summed E-state index contributed by atoms with van der Waals surface area (Å²) >= 11 is 0. The molecule has 2 aromatic carbocycles. The molecule has 23 heavy (non-hydrogen) atoms. The fourth-order valence-electron chi connectivity index (χ4n) is 2.86. The van der Waals surface area contributed by atoms with E-state index in [4.69, 9.17) is 0 Å². The summed E-state index contributed by atoms with van der Waals surface area (Å²) in [5.74, 6) is 0. The zero-order valence-electron chi connectivity index (χ0n) is 13.3. The molecule has 3 rings (SSSR count). The van der Waals surface area contributed by atoms with Gasteiger partial charge in [-0.2, -0.15) is 0 Å². The highest BCUT2D eigenvalue weighted by molar-refractivity contribution is 5.54. The number of benzene rings is 2. The molecule has 1 fully saturated rings. The lowest BCUT2D eigenvalue weighted by molar-refractivity contribution is -0.384. The summed E-state index contributed by atoms with van der Waals surface area (Å²) < 4.78 is 0. The molecular formula is C17H20N4O2. The average molecular weight is 312 g/mol. The molecule has 1 N–H and O–H groups in total. The van der Waals surface area contributed by atoms with Gasteiger partial charge in [-0.1, -0.05) is 12.1 Å². The Morgan fingerprint density at radius 3 is 2.35 bits per heavy atom. The lowest BCUT2D eigenvalue weighted by Crippen LogP contribution is -2.27. The minimum atomic E-state index is -0.372. The van der Waals surface area contributed by atoms with Crippen molar-refractivity contribution in [1.82, 2.24) is 5.32 Å². The van der Waals surface area contributed by atoms with Crippen LogP contribution in [-0.4, -0.2) is 32.1 Å². The van der Waals surface area contributed by atoms with E-state index in [0.29, 0.717) is 0 Å². The van der Waals surface area contributed by atoms with Crippen LogP contribution in [0, 0.1) is 10.1 Å². The number of hydrogen-bond acceptors (Lipinski definition) is 5. The normalized spacial score (nSPS) is 17.3. The van der Waals surface area contributed by atoms with Crippen LogP contribution in [0.1, 0.15) is 11.7 Å². The van der Waals surface area contributed by atoms with E-state index in [1.54, 1.807) is 12.1 Å². The standard InChI is InChI=1S/C17H20N4O2/c1-19(2)14-5-3-13(4-6-14)17-18-11-12-20(17)15-7-9-16(10-8-15)21(22)23/h3-10,17-18H,11-12H2,1-2H3. The molecule has 120 valence electrons. The van der Waals surface area contributed by atoms with Gasteiger partial charge in [0.15, 0.2) is 0 Å². The van der Waals surface area contributed by atoms with Crippen LogP contribution < -0.4 is 15.1 Å². The highest BCUT2D eigenvalue weighted by Crippen LogP contribution is 2.30. The van der Waals surface area contributed by atoms with Crippen molar-refractivity contribution < 1.29 is 4.92 Å². The maximum atomic E-state index is 10.8. The van der Waals surface area contributed by atoms with Gasteiger partial charge in [0, 0.05) is 50.7 Å². The predicted octanol–water partition coefficient (Wildman–Crippen LogP) is 2.77. The number of rotatable bonds is 4. The molecule has 6 nitrogen and oxygen atoms in total. The Morgan fingerprint density at radius 1 is 1.13 bits per heavy atom. The Hall–Kier alpha value is -2.60. The van der Waals surface area contributed by atoms with Gasteiger partial charge in [0.1, 0.15) is 6.17 Å². The zero-order valence-corrected chi connectivity index (χ0v) is 13.3. The Bertz CT molecular complexity index is 683. The van der Waals surface area contributed by atoms with Gasteiger partial charge >= 0.3 is 0 Å². The number of anilines is 2. The van der Waals surface area contributed by atoms with Crippen molar-refractivity contribution in [2.45, 2.75) is 6.17 Å². The van der Waals surface area contributed by atoms with E-state index in [-0.39, 0.29) is 16.8 Å². The van der Waals surface area contributed by atoms with Crippen LogP contribution in [-0.2, 0) is 0 Å². The highest BCUT2D eigenvalue weighted by atomic mass is 16.6. The van der Waals surface area contributed by atoms with Gasteiger partial charge < -0.3 is 9.80 Å². The van der Waals surface area contributed by atoms with Crippen LogP contribution in [0.25, 0.3) is 0 Å². The Labute approximate surface area is 135 Å². The van der Waals surface area contributed by atoms with Crippen molar-refractivity contribution >= 4 is 17.1 Å². The lowest BCUT2D eigenvalue weighted by atomic mass is 10.1. The van der Waals surface area contributed by atoms with E-state index in [2.05, 4.69) is 39.4 Å². The molecule has 0 amide bonds. The molecule has 0 radical (unpaired) electrons. The first-order valence-electron chi connectivity index (χ1n) is 7.58. The molecule has 0 saturated carbocycles. The van der Waals surface area contributed by atoms with Gasteiger partial charge in [0.25, 0.3) is 5.69 Å². The first-order valence-corrected chi connectivity index (χ1v) is 7.58. The molecule has 1 aliphatic heterocycles. The maximum absolute atomic E-state index is 10.8. The van der Waals surface area contributed by atoms with Gasteiger partial charge in [-0.15, -0.1) is 0 Å². The molecule has 0 aromatic heterocycles. The first-order chi connectivity index (χ1) is 11.1. The van der Waals surface area contributed by atoms with Crippen molar-refractivity contribution in [2.24, 2.45) is 0 Å².